The van der Waals surface area contributed by atoms with Crippen molar-refractivity contribution < 1.29 is 23.5 Å². The van der Waals surface area contributed by atoms with Crippen LogP contribution in [0.15, 0.2) is 11.3 Å². The molecule has 174 valence electrons. The molecule has 2 aliphatic heterocycles. The molecule has 1 unspecified atom stereocenters. The van der Waals surface area contributed by atoms with E-state index in [1.165, 1.54) is 77.0 Å². The van der Waals surface area contributed by atoms with E-state index in [1.807, 2.05) is 0 Å². The zero-order valence-corrected chi connectivity index (χ0v) is 20.2. The molecule has 1 saturated heterocycles. The number of unbranched alkanes of at least 4 members (excludes halogenated alkanes) is 13. The molecule has 0 amide bonds. The summed E-state index contributed by atoms with van der Waals surface area (Å²) in [6.45, 7) is 4.80. The summed E-state index contributed by atoms with van der Waals surface area (Å²) in [6, 6.07) is 0. The molecule has 2 aliphatic rings. The van der Waals surface area contributed by atoms with Crippen LogP contribution >= 0.6 is 7.94 Å². The highest BCUT2D eigenvalue weighted by Gasteiger charge is 2.43. The Morgan fingerprint density at radius 1 is 0.933 bits per heavy atom. The van der Waals surface area contributed by atoms with E-state index in [0.29, 0.717) is 37.1 Å². The number of carbonyl (C=O) groups excluding carboxylic acids is 1. The molecule has 1 fully saturated rings. The van der Waals surface area contributed by atoms with Gasteiger partial charge in [0, 0.05) is 5.92 Å². The number of ether oxygens (including phenoxy) is 1. The summed E-state index contributed by atoms with van der Waals surface area (Å²) in [5.41, 5.74) is 0.549. The molecule has 6 heteroatoms. The van der Waals surface area contributed by atoms with Crippen molar-refractivity contribution in [2.75, 3.05) is 19.4 Å². The lowest BCUT2D eigenvalue weighted by molar-refractivity contribution is -0.215. The Morgan fingerprint density at radius 2 is 1.47 bits per heavy atom. The number of cyclic esters (lactones) is 1. The maximum atomic E-state index is 12.9. The van der Waals surface area contributed by atoms with Crippen LogP contribution in [0.2, 0.25) is 0 Å². The zero-order chi connectivity index (χ0) is 21.7. The normalized spacial score (nSPS) is 23.8. The Bertz CT molecular complexity index is 536. The third-order valence-electron chi connectivity index (χ3n) is 6.24. The fraction of sp³-hybridized carbons (Fsp3) is 0.875. The van der Waals surface area contributed by atoms with Crippen LogP contribution in [0.5, 0.6) is 0 Å². The lowest BCUT2D eigenvalue weighted by atomic mass is 9.99. The topological polar surface area (TPSA) is 67.8 Å². The van der Waals surface area contributed by atoms with Crippen molar-refractivity contribution >= 4 is 13.9 Å². The van der Waals surface area contributed by atoms with Crippen LogP contribution < -0.4 is 4.89 Å². The minimum atomic E-state index is -3.15. The largest absolute Gasteiger partial charge is 0.624 e. The predicted octanol–water partition coefficient (Wildman–Crippen LogP) is 6.47. The van der Waals surface area contributed by atoms with E-state index in [9.17, 15) is 9.69 Å². The fourth-order valence-corrected chi connectivity index (χ4v) is 6.20. The fourth-order valence-electron chi connectivity index (χ4n) is 4.37. The molecule has 0 N–H and O–H groups in total. The molecular weight excluding hydrogens is 399 g/mol. The van der Waals surface area contributed by atoms with Gasteiger partial charge in [-0.2, -0.15) is 0 Å². The molecule has 0 aromatic carbocycles. The molecule has 2 heterocycles. The highest BCUT2D eigenvalue weighted by atomic mass is 31.2. The molecule has 5 nitrogen and oxygen atoms in total. The first kappa shape index (κ1) is 25.6. The van der Waals surface area contributed by atoms with E-state index in [0.717, 1.165) is 12.8 Å². The van der Waals surface area contributed by atoms with E-state index >= 15 is 0 Å². The lowest BCUT2D eigenvalue weighted by Gasteiger charge is -2.26. The van der Waals surface area contributed by atoms with Gasteiger partial charge >= 0.3 is 5.97 Å². The van der Waals surface area contributed by atoms with Gasteiger partial charge in [0.05, 0.1) is 18.8 Å². The number of rotatable bonds is 16. The highest BCUT2D eigenvalue weighted by Crippen LogP contribution is 2.58. The van der Waals surface area contributed by atoms with Crippen molar-refractivity contribution in [2.24, 2.45) is 5.92 Å². The smallest absolute Gasteiger partial charge is 0.338 e. The first-order valence-electron chi connectivity index (χ1n) is 12.4. The molecule has 0 bridgehead atoms. The average Bonchev–Trinajstić information content (AvgIpc) is 3.04. The van der Waals surface area contributed by atoms with Crippen LogP contribution in [0.4, 0.5) is 0 Å². The molecule has 30 heavy (non-hydrogen) atoms. The molecule has 0 spiro atoms. The molecule has 0 aromatic rings. The van der Waals surface area contributed by atoms with Crippen molar-refractivity contribution in [3.8, 4) is 0 Å². The summed E-state index contributed by atoms with van der Waals surface area (Å²) in [5, 5.41) is 0. The Kier molecular flexibility index (Phi) is 12.3. The van der Waals surface area contributed by atoms with Crippen molar-refractivity contribution in [1.82, 2.24) is 0 Å². The predicted molar refractivity (Wildman–Crippen MR) is 121 cm³/mol. The van der Waals surface area contributed by atoms with E-state index in [-0.39, 0.29) is 11.9 Å². The first-order chi connectivity index (χ1) is 14.6. The second kappa shape index (κ2) is 14.4. The first-order valence-corrected chi connectivity index (χ1v) is 14.1. The number of allylic oxidation sites excluding steroid dienone is 1. The molecular formula is C24H43O5P. The maximum Gasteiger partial charge on any atom is 0.338 e. The van der Waals surface area contributed by atoms with Gasteiger partial charge in [-0.3, -0.25) is 0 Å². The van der Waals surface area contributed by atoms with Crippen LogP contribution in [0.25, 0.3) is 0 Å². The Hall–Kier alpha value is -0.640. The maximum absolute atomic E-state index is 12.9. The summed E-state index contributed by atoms with van der Waals surface area (Å²) in [5.74, 6) is 0.0835. The highest BCUT2D eigenvalue weighted by molar-refractivity contribution is 7.59. The van der Waals surface area contributed by atoms with Gasteiger partial charge in [0.25, 0.3) is 7.94 Å². The van der Waals surface area contributed by atoms with Crippen molar-refractivity contribution in [1.29, 1.82) is 0 Å². The van der Waals surface area contributed by atoms with Gasteiger partial charge in [0.15, 0.2) is 5.76 Å². The number of fused-ring (bicyclic) bond motifs is 1. The van der Waals surface area contributed by atoms with Gasteiger partial charge in [-0.05, 0) is 19.8 Å². The molecule has 0 aromatic heterocycles. The third kappa shape index (κ3) is 9.24. The van der Waals surface area contributed by atoms with Gasteiger partial charge in [-0.25, -0.2) is 9.32 Å². The minimum Gasteiger partial charge on any atom is -0.624 e. The van der Waals surface area contributed by atoms with Crippen LogP contribution in [-0.2, 0) is 18.6 Å². The van der Waals surface area contributed by atoms with Crippen molar-refractivity contribution in [2.45, 2.75) is 110 Å². The van der Waals surface area contributed by atoms with E-state index in [1.54, 1.807) is 6.92 Å². The van der Waals surface area contributed by atoms with Crippen LogP contribution in [0.3, 0.4) is 0 Å². The summed E-state index contributed by atoms with van der Waals surface area (Å²) < 4.78 is 16.4. The molecule has 0 radical (unpaired) electrons. The number of esters is 1. The quantitative estimate of drug-likeness (QED) is 0.156. The summed E-state index contributed by atoms with van der Waals surface area (Å²) in [4.78, 5) is 24.7. The van der Waals surface area contributed by atoms with Crippen LogP contribution in [-0.4, -0.2) is 25.3 Å². The Morgan fingerprint density at radius 3 is 2.03 bits per heavy atom. The molecule has 2 atom stereocenters. The molecule has 0 saturated carbocycles. The minimum absolute atomic E-state index is 0.00187. The second-order valence-corrected chi connectivity index (χ2v) is 11.0. The van der Waals surface area contributed by atoms with Crippen molar-refractivity contribution in [3.63, 3.8) is 0 Å². The van der Waals surface area contributed by atoms with Crippen molar-refractivity contribution in [3.05, 3.63) is 11.3 Å². The summed E-state index contributed by atoms with van der Waals surface area (Å²) in [7, 11) is -3.15. The standard InChI is InChI=1S/C24H43O5P/c1-3-4-5-6-7-8-9-10-11-12-13-14-15-16-18-28-30(26)19-17-22-20-27-24(25)23(22)21(2)29-30/h22H,3-20H2,1-2H3/t22-,30?/m1/s1. The second-order valence-electron chi connectivity index (χ2n) is 8.91. The van der Waals surface area contributed by atoms with Gasteiger partial charge in [-0.15, -0.1) is 0 Å². The Balaban J connectivity index is 1.44. The van der Waals surface area contributed by atoms with E-state index in [2.05, 4.69) is 6.92 Å². The SMILES string of the molecule is CCCCCCCCCCCCCCCCO[P+]1([O-])CC[C@@H]2COC(=O)C2=C(C)O1. The van der Waals surface area contributed by atoms with Crippen LogP contribution in [0.1, 0.15) is 110 Å². The van der Waals surface area contributed by atoms with Crippen LogP contribution in [0, 0.1) is 5.92 Å². The third-order valence-corrected chi connectivity index (χ3v) is 8.17. The number of carbonyl (C=O) groups is 1. The van der Waals surface area contributed by atoms with Gasteiger partial charge < -0.3 is 14.2 Å². The summed E-state index contributed by atoms with van der Waals surface area (Å²) in [6.07, 6.45) is 19.3. The van der Waals surface area contributed by atoms with E-state index in [4.69, 9.17) is 13.8 Å². The number of hydrogen-bond acceptors (Lipinski definition) is 5. The lowest BCUT2D eigenvalue weighted by Crippen LogP contribution is -2.19. The Labute approximate surface area is 184 Å². The summed E-state index contributed by atoms with van der Waals surface area (Å²) >= 11 is 0. The number of hydrogen-bond donors (Lipinski definition) is 0. The van der Waals surface area contributed by atoms with Gasteiger partial charge in [0.1, 0.15) is 6.16 Å². The zero-order valence-electron chi connectivity index (χ0n) is 19.3. The van der Waals surface area contributed by atoms with Gasteiger partial charge in [0.2, 0.25) is 0 Å². The molecule has 2 rings (SSSR count). The average molecular weight is 443 g/mol. The van der Waals surface area contributed by atoms with E-state index < -0.39 is 7.94 Å². The monoisotopic (exact) mass is 442 g/mol. The molecule has 0 aliphatic carbocycles. The van der Waals surface area contributed by atoms with Gasteiger partial charge in [-0.1, -0.05) is 90.4 Å².